The summed E-state index contributed by atoms with van der Waals surface area (Å²) in [5, 5.41) is 4.44. The molecule has 3 rings (SSSR count). The molecule has 2 aromatic rings. The van der Waals surface area contributed by atoms with Crippen LogP contribution in [0.1, 0.15) is 24.6 Å². The summed E-state index contributed by atoms with van der Waals surface area (Å²) in [5.74, 6) is 1.75. The fourth-order valence-electron chi connectivity index (χ4n) is 2.35. The van der Waals surface area contributed by atoms with Crippen LogP contribution >= 0.6 is 0 Å². The van der Waals surface area contributed by atoms with Crippen LogP contribution in [-0.2, 0) is 0 Å². The van der Waals surface area contributed by atoms with Crippen molar-refractivity contribution in [2.45, 2.75) is 19.9 Å². The molecule has 5 nitrogen and oxygen atoms in total. The van der Waals surface area contributed by atoms with Gasteiger partial charge in [0, 0.05) is 7.05 Å². The molecule has 1 aliphatic rings. The molecular formula is C12H15N5. The second kappa shape index (κ2) is 3.23. The summed E-state index contributed by atoms with van der Waals surface area (Å²) < 4.78 is 1.89. The van der Waals surface area contributed by atoms with E-state index < -0.39 is 0 Å². The molecule has 1 atom stereocenters. The molecule has 5 heteroatoms. The van der Waals surface area contributed by atoms with Crippen molar-refractivity contribution in [3.63, 3.8) is 0 Å². The molecule has 0 saturated heterocycles. The van der Waals surface area contributed by atoms with Crippen molar-refractivity contribution >= 4 is 11.4 Å². The van der Waals surface area contributed by atoms with Crippen LogP contribution in [0.25, 0.3) is 5.69 Å². The van der Waals surface area contributed by atoms with E-state index in [9.17, 15) is 0 Å². The van der Waals surface area contributed by atoms with Gasteiger partial charge in [0.2, 0.25) is 0 Å². The fourth-order valence-corrected chi connectivity index (χ4v) is 2.35. The maximum atomic E-state index is 6.05. The minimum absolute atomic E-state index is 0.174. The molecular weight excluding hydrogens is 214 g/mol. The van der Waals surface area contributed by atoms with Crippen LogP contribution in [0.3, 0.4) is 0 Å². The van der Waals surface area contributed by atoms with E-state index in [1.165, 1.54) is 0 Å². The third-order valence-corrected chi connectivity index (χ3v) is 3.32. The number of aryl methyl sites for hydroxylation is 1. The van der Waals surface area contributed by atoms with Crippen LogP contribution in [0, 0.1) is 6.92 Å². The Hall–Kier alpha value is -2.04. The molecule has 1 unspecified atom stereocenters. The van der Waals surface area contributed by atoms with Gasteiger partial charge in [0.1, 0.15) is 5.82 Å². The summed E-state index contributed by atoms with van der Waals surface area (Å²) in [7, 11) is 2.04. The van der Waals surface area contributed by atoms with Crippen LogP contribution in [0.5, 0.6) is 0 Å². The maximum absolute atomic E-state index is 6.05. The summed E-state index contributed by atoms with van der Waals surface area (Å²) in [6, 6.07) is 6.05. The maximum Gasteiger partial charge on any atom is 0.154 e. The van der Waals surface area contributed by atoms with Crippen LogP contribution < -0.4 is 10.6 Å². The zero-order chi connectivity index (χ0) is 12.2. The van der Waals surface area contributed by atoms with Crippen LogP contribution in [0.2, 0.25) is 0 Å². The predicted octanol–water partition coefficient (Wildman–Crippen LogP) is 1.67. The highest BCUT2D eigenvalue weighted by Crippen LogP contribution is 2.39. The zero-order valence-corrected chi connectivity index (χ0v) is 10.2. The first-order valence-corrected chi connectivity index (χ1v) is 5.65. The Balaban J connectivity index is 2.35. The monoisotopic (exact) mass is 229 g/mol. The molecule has 1 aliphatic heterocycles. The summed E-state index contributed by atoms with van der Waals surface area (Å²) in [6.45, 7) is 4.01. The van der Waals surface area contributed by atoms with E-state index in [1.807, 2.05) is 36.9 Å². The van der Waals surface area contributed by atoms with Crippen molar-refractivity contribution in [1.82, 2.24) is 14.8 Å². The quantitative estimate of drug-likeness (QED) is 0.698. The molecule has 0 amide bonds. The average Bonchev–Trinajstić information content (AvgIpc) is 2.68. The first kappa shape index (κ1) is 10.1. The smallest absolute Gasteiger partial charge is 0.154 e. The summed E-state index contributed by atoms with van der Waals surface area (Å²) >= 11 is 0. The zero-order valence-electron chi connectivity index (χ0n) is 10.2. The third kappa shape index (κ3) is 1.25. The fraction of sp³-hybridized carbons (Fsp3) is 0.333. The highest BCUT2D eigenvalue weighted by atomic mass is 15.4. The van der Waals surface area contributed by atoms with Crippen molar-refractivity contribution in [3.8, 4) is 5.69 Å². The summed E-state index contributed by atoms with van der Waals surface area (Å²) in [4.78, 5) is 6.63. The molecule has 0 saturated carbocycles. The molecule has 88 valence electrons. The van der Waals surface area contributed by atoms with Crippen molar-refractivity contribution in [2.75, 3.05) is 17.7 Å². The lowest BCUT2D eigenvalue weighted by Crippen LogP contribution is -2.31. The standard InChI is InChI=1S/C12H15N5/c1-7-12-14-8(2)15-17(12)10-6-4-5-9(13)11(10)16(7)3/h4-7H,13H2,1-3H3. The van der Waals surface area contributed by atoms with Crippen molar-refractivity contribution in [3.05, 3.63) is 29.8 Å². The van der Waals surface area contributed by atoms with Gasteiger partial charge >= 0.3 is 0 Å². The van der Waals surface area contributed by atoms with Crippen molar-refractivity contribution in [1.29, 1.82) is 0 Å². The van der Waals surface area contributed by atoms with Gasteiger partial charge < -0.3 is 10.6 Å². The Kier molecular flexibility index (Phi) is 1.92. The van der Waals surface area contributed by atoms with Gasteiger partial charge in [-0.1, -0.05) is 6.07 Å². The number of hydrogen-bond donors (Lipinski definition) is 1. The first-order chi connectivity index (χ1) is 8.09. The van der Waals surface area contributed by atoms with E-state index in [2.05, 4.69) is 21.9 Å². The van der Waals surface area contributed by atoms with Crippen molar-refractivity contribution in [2.24, 2.45) is 0 Å². The number of nitrogen functional groups attached to an aromatic ring is 1. The molecule has 0 fully saturated rings. The molecule has 0 radical (unpaired) electrons. The summed E-state index contributed by atoms with van der Waals surface area (Å²) in [5.41, 5.74) is 8.85. The van der Waals surface area contributed by atoms with Gasteiger partial charge in [-0.25, -0.2) is 9.67 Å². The number of hydrogen-bond acceptors (Lipinski definition) is 4. The molecule has 0 aliphatic carbocycles. The highest BCUT2D eigenvalue weighted by Gasteiger charge is 2.29. The average molecular weight is 229 g/mol. The Morgan fingerprint density at radius 1 is 1.35 bits per heavy atom. The largest absolute Gasteiger partial charge is 0.397 e. The SMILES string of the molecule is Cc1nc2n(n1)-c1cccc(N)c1N(C)C2C. The van der Waals surface area contributed by atoms with Crippen molar-refractivity contribution < 1.29 is 0 Å². The van der Waals surface area contributed by atoms with E-state index in [1.54, 1.807) is 0 Å². The van der Waals surface area contributed by atoms with E-state index in [-0.39, 0.29) is 6.04 Å². The Labute approximate surface area is 99.9 Å². The van der Waals surface area contributed by atoms with E-state index in [4.69, 9.17) is 5.73 Å². The second-order valence-corrected chi connectivity index (χ2v) is 4.43. The Bertz CT molecular complexity index is 587. The Morgan fingerprint density at radius 3 is 2.88 bits per heavy atom. The molecule has 17 heavy (non-hydrogen) atoms. The first-order valence-electron chi connectivity index (χ1n) is 5.65. The predicted molar refractivity (Wildman–Crippen MR) is 67.3 cm³/mol. The molecule has 1 aromatic heterocycles. The highest BCUT2D eigenvalue weighted by molar-refractivity contribution is 5.78. The number of para-hydroxylation sites is 1. The van der Waals surface area contributed by atoms with Gasteiger partial charge in [-0.2, -0.15) is 5.10 Å². The normalized spacial score (nSPS) is 17.8. The topological polar surface area (TPSA) is 60.0 Å². The van der Waals surface area contributed by atoms with Gasteiger partial charge in [0.15, 0.2) is 5.82 Å². The number of nitrogens with two attached hydrogens (primary N) is 1. The lowest BCUT2D eigenvalue weighted by Gasteiger charge is -2.33. The van der Waals surface area contributed by atoms with E-state index in [0.29, 0.717) is 0 Å². The van der Waals surface area contributed by atoms with Crippen LogP contribution in [0.15, 0.2) is 18.2 Å². The Morgan fingerprint density at radius 2 is 2.12 bits per heavy atom. The van der Waals surface area contributed by atoms with Gasteiger partial charge in [-0.3, -0.25) is 0 Å². The molecule has 2 heterocycles. The number of anilines is 2. The van der Waals surface area contributed by atoms with Gasteiger partial charge in [0.25, 0.3) is 0 Å². The minimum Gasteiger partial charge on any atom is -0.397 e. The second-order valence-electron chi connectivity index (χ2n) is 4.43. The number of aromatic nitrogens is 3. The minimum atomic E-state index is 0.174. The summed E-state index contributed by atoms with van der Waals surface area (Å²) in [6.07, 6.45) is 0. The number of fused-ring (bicyclic) bond motifs is 3. The van der Waals surface area contributed by atoms with E-state index >= 15 is 0 Å². The van der Waals surface area contributed by atoms with E-state index in [0.717, 1.165) is 28.7 Å². The van der Waals surface area contributed by atoms with Gasteiger partial charge in [-0.05, 0) is 26.0 Å². The van der Waals surface area contributed by atoms with Crippen LogP contribution in [0.4, 0.5) is 11.4 Å². The van der Waals surface area contributed by atoms with Gasteiger partial charge in [-0.15, -0.1) is 0 Å². The molecule has 1 aromatic carbocycles. The molecule has 0 bridgehead atoms. The third-order valence-electron chi connectivity index (χ3n) is 3.32. The molecule has 2 N–H and O–H groups in total. The lowest BCUT2D eigenvalue weighted by molar-refractivity contribution is 0.624. The number of nitrogens with zero attached hydrogens (tertiary/aromatic N) is 4. The lowest BCUT2D eigenvalue weighted by atomic mass is 10.1. The number of rotatable bonds is 0. The van der Waals surface area contributed by atoms with Gasteiger partial charge in [0.05, 0.1) is 23.1 Å². The van der Waals surface area contributed by atoms with Crippen LogP contribution in [-0.4, -0.2) is 21.8 Å². The molecule has 0 spiro atoms. The number of benzene rings is 1.